The number of ether oxygens (including phenoxy) is 2. The molecule has 166 valence electrons. The monoisotopic (exact) mass is 419 g/mol. The predicted molar refractivity (Wildman–Crippen MR) is 113 cm³/mol. The number of hydrogen-bond donors (Lipinski definition) is 2. The van der Waals surface area contributed by atoms with Gasteiger partial charge < -0.3 is 20.1 Å². The van der Waals surface area contributed by atoms with Gasteiger partial charge in [-0.3, -0.25) is 9.59 Å². The van der Waals surface area contributed by atoms with Crippen LogP contribution in [0.5, 0.6) is 0 Å². The van der Waals surface area contributed by atoms with E-state index >= 15 is 0 Å². The summed E-state index contributed by atoms with van der Waals surface area (Å²) < 4.78 is 10.2. The van der Waals surface area contributed by atoms with E-state index < -0.39 is 17.7 Å². The first-order valence-electron chi connectivity index (χ1n) is 10.4. The van der Waals surface area contributed by atoms with Gasteiger partial charge in [-0.2, -0.15) is 0 Å². The molecule has 0 saturated heterocycles. The number of pyridine rings is 1. The maximum absolute atomic E-state index is 13.1. The molecule has 1 saturated carbocycles. The summed E-state index contributed by atoms with van der Waals surface area (Å²) in [7, 11) is 1.44. The fraction of sp³-hybridized carbons (Fsp3) is 0.636. The van der Waals surface area contributed by atoms with Crippen molar-refractivity contribution in [3.8, 4) is 0 Å². The predicted octanol–water partition coefficient (Wildman–Crippen LogP) is 3.57. The van der Waals surface area contributed by atoms with Crippen LogP contribution in [0.3, 0.4) is 0 Å². The van der Waals surface area contributed by atoms with Crippen molar-refractivity contribution < 1.29 is 23.9 Å². The van der Waals surface area contributed by atoms with Crippen LogP contribution >= 0.6 is 0 Å². The quantitative estimate of drug-likeness (QED) is 0.655. The van der Waals surface area contributed by atoms with Crippen LogP contribution in [0.1, 0.15) is 63.7 Å². The average Bonchev–Trinajstić information content (AvgIpc) is 2.66. The lowest BCUT2D eigenvalue weighted by Gasteiger charge is -2.32. The number of hydrogen-bond acceptors (Lipinski definition) is 6. The summed E-state index contributed by atoms with van der Waals surface area (Å²) in [4.78, 5) is 41.6. The summed E-state index contributed by atoms with van der Waals surface area (Å²) in [6, 6.07) is 2.33. The van der Waals surface area contributed by atoms with E-state index in [1.807, 2.05) is 0 Å². The first-order chi connectivity index (χ1) is 14.1. The smallest absolute Gasteiger partial charge is 0.408 e. The molecule has 1 atom stereocenters. The fourth-order valence-corrected chi connectivity index (χ4v) is 3.54. The van der Waals surface area contributed by atoms with E-state index in [-0.39, 0.29) is 30.0 Å². The van der Waals surface area contributed by atoms with Crippen molar-refractivity contribution in [2.24, 2.45) is 11.8 Å². The van der Waals surface area contributed by atoms with Crippen molar-refractivity contribution in [2.45, 2.75) is 65.0 Å². The van der Waals surface area contributed by atoms with Crippen LogP contribution < -0.4 is 10.6 Å². The van der Waals surface area contributed by atoms with Crippen molar-refractivity contribution in [3.05, 3.63) is 23.9 Å². The summed E-state index contributed by atoms with van der Waals surface area (Å²) in [5.74, 6) is 0.287. The molecule has 1 aromatic rings. The molecule has 0 aromatic carbocycles. The molecule has 8 nitrogen and oxygen atoms in total. The van der Waals surface area contributed by atoms with Gasteiger partial charge in [-0.1, -0.05) is 19.8 Å². The van der Waals surface area contributed by atoms with E-state index in [1.165, 1.54) is 19.4 Å². The van der Waals surface area contributed by atoms with Crippen LogP contribution in [0.15, 0.2) is 18.3 Å². The molecule has 0 radical (unpaired) electrons. The van der Waals surface area contributed by atoms with Gasteiger partial charge in [0.1, 0.15) is 24.1 Å². The first-order valence-corrected chi connectivity index (χ1v) is 10.4. The Balaban J connectivity index is 2.14. The average molecular weight is 420 g/mol. The van der Waals surface area contributed by atoms with Crippen LogP contribution in [0.25, 0.3) is 0 Å². The van der Waals surface area contributed by atoms with E-state index in [2.05, 4.69) is 22.5 Å². The van der Waals surface area contributed by atoms with Crippen LogP contribution in [0.4, 0.5) is 10.6 Å². The molecular weight excluding hydrogens is 386 g/mol. The zero-order valence-electron chi connectivity index (χ0n) is 18.5. The molecular formula is C22H33N3O5. The second-order valence-electron chi connectivity index (χ2n) is 8.92. The Bertz CT molecular complexity index is 751. The third-order valence-electron chi connectivity index (χ3n) is 5.10. The highest BCUT2D eigenvalue weighted by Crippen LogP contribution is 2.31. The number of alkyl carbamates (subject to hydrolysis) is 1. The Labute approximate surface area is 178 Å². The lowest BCUT2D eigenvalue weighted by Crippen LogP contribution is -2.50. The molecule has 0 spiro atoms. The first kappa shape index (κ1) is 23.8. The van der Waals surface area contributed by atoms with Gasteiger partial charge in [0, 0.05) is 18.9 Å². The fourth-order valence-electron chi connectivity index (χ4n) is 3.54. The molecule has 0 aliphatic heterocycles. The molecule has 30 heavy (non-hydrogen) atoms. The number of rotatable bonds is 7. The van der Waals surface area contributed by atoms with E-state index in [0.717, 1.165) is 25.7 Å². The summed E-state index contributed by atoms with van der Waals surface area (Å²) in [5, 5.41) is 5.49. The van der Waals surface area contributed by atoms with Gasteiger partial charge in [0.25, 0.3) is 0 Å². The number of nitrogens with one attached hydrogen (secondary N) is 2. The largest absolute Gasteiger partial charge is 0.444 e. The second kappa shape index (κ2) is 10.5. The van der Waals surface area contributed by atoms with Crippen LogP contribution in [0, 0.1) is 11.8 Å². The van der Waals surface area contributed by atoms with Gasteiger partial charge in [0.05, 0.1) is 0 Å². The standard InChI is InChI=1S/C22H33N3O5/c1-14-6-8-15(9-7-14)19(25-21(28)30-22(2,3)4)20(27)24-18-12-16(10-11-23-18)17(26)13-29-5/h10-12,14-15,19H,6-9,13H2,1-5H3,(H,25,28)(H,23,24,27)/t14?,15?,19-/m0/s1. The van der Waals surface area contributed by atoms with Gasteiger partial charge in [-0.25, -0.2) is 9.78 Å². The van der Waals surface area contributed by atoms with Crippen molar-refractivity contribution in [2.75, 3.05) is 19.0 Å². The second-order valence-corrected chi connectivity index (χ2v) is 8.92. The van der Waals surface area contributed by atoms with E-state index in [9.17, 15) is 14.4 Å². The molecule has 1 aromatic heterocycles. The van der Waals surface area contributed by atoms with Crippen molar-refractivity contribution in [1.29, 1.82) is 0 Å². The van der Waals surface area contributed by atoms with Gasteiger partial charge in [0.2, 0.25) is 5.91 Å². The van der Waals surface area contributed by atoms with E-state index in [4.69, 9.17) is 9.47 Å². The number of anilines is 1. The SMILES string of the molecule is COCC(=O)c1ccnc(NC(=O)[C@@H](NC(=O)OC(C)(C)C)C2CCC(C)CC2)c1. The van der Waals surface area contributed by atoms with Gasteiger partial charge in [0.15, 0.2) is 5.78 Å². The molecule has 0 unspecified atom stereocenters. The summed E-state index contributed by atoms with van der Waals surface area (Å²) in [5.41, 5.74) is -0.269. The number of Topliss-reactive ketones (excluding diaryl/α,β-unsaturated/α-hetero) is 1. The van der Waals surface area contributed by atoms with Gasteiger partial charge in [-0.05, 0) is 57.6 Å². The molecule has 8 heteroatoms. The van der Waals surface area contributed by atoms with Crippen LogP contribution in [-0.2, 0) is 14.3 Å². The molecule has 0 bridgehead atoms. The Morgan fingerprint density at radius 1 is 1.20 bits per heavy atom. The zero-order chi connectivity index (χ0) is 22.3. The van der Waals surface area contributed by atoms with Crippen LogP contribution in [-0.4, -0.2) is 48.1 Å². The lowest BCUT2D eigenvalue weighted by molar-refractivity contribution is -0.119. The minimum atomic E-state index is -0.743. The molecule has 1 aliphatic carbocycles. The minimum absolute atomic E-state index is 0.00650. The molecule has 1 aliphatic rings. The number of carbonyl (C=O) groups excluding carboxylic acids is 3. The molecule has 2 rings (SSSR count). The van der Waals surface area contributed by atoms with Gasteiger partial charge in [-0.15, -0.1) is 0 Å². The maximum atomic E-state index is 13.1. The molecule has 2 amide bonds. The highest BCUT2D eigenvalue weighted by molar-refractivity contribution is 6.00. The summed E-state index contributed by atoms with van der Waals surface area (Å²) in [6.07, 6.45) is 4.52. The van der Waals surface area contributed by atoms with Crippen LogP contribution in [0.2, 0.25) is 0 Å². The maximum Gasteiger partial charge on any atom is 0.408 e. The Morgan fingerprint density at radius 2 is 1.87 bits per heavy atom. The third kappa shape index (κ3) is 7.40. The lowest BCUT2D eigenvalue weighted by atomic mass is 9.79. The van der Waals surface area contributed by atoms with Gasteiger partial charge >= 0.3 is 6.09 Å². The number of nitrogens with zero attached hydrogens (tertiary/aromatic N) is 1. The normalized spacial score (nSPS) is 20.2. The number of aromatic nitrogens is 1. The molecule has 1 fully saturated rings. The third-order valence-corrected chi connectivity index (χ3v) is 5.10. The number of ketones is 1. The Hall–Kier alpha value is -2.48. The Morgan fingerprint density at radius 3 is 2.47 bits per heavy atom. The number of amides is 2. The molecule has 2 N–H and O–H groups in total. The highest BCUT2D eigenvalue weighted by atomic mass is 16.6. The van der Waals surface area contributed by atoms with Crippen molar-refractivity contribution in [1.82, 2.24) is 10.3 Å². The highest BCUT2D eigenvalue weighted by Gasteiger charge is 2.34. The topological polar surface area (TPSA) is 107 Å². The number of methoxy groups -OCH3 is 1. The summed E-state index contributed by atoms with van der Waals surface area (Å²) in [6.45, 7) is 7.46. The number of carbonyl (C=O) groups is 3. The van der Waals surface area contributed by atoms with Crippen molar-refractivity contribution in [3.63, 3.8) is 0 Å². The van der Waals surface area contributed by atoms with E-state index in [1.54, 1.807) is 26.8 Å². The zero-order valence-corrected chi connectivity index (χ0v) is 18.5. The Kier molecular flexibility index (Phi) is 8.34. The van der Waals surface area contributed by atoms with Crippen molar-refractivity contribution >= 4 is 23.6 Å². The minimum Gasteiger partial charge on any atom is -0.444 e. The summed E-state index contributed by atoms with van der Waals surface area (Å²) >= 11 is 0. The van der Waals surface area contributed by atoms with E-state index in [0.29, 0.717) is 11.5 Å². The molecule has 1 heterocycles.